The van der Waals surface area contributed by atoms with Gasteiger partial charge in [-0.25, -0.2) is 5.43 Å². The van der Waals surface area contributed by atoms with Crippen LogP contribution in [0.3, 0.4) is 0 Å². The summed E-state index contributed by atoms with van der Waals surface area (Å²) in [6, 6.07) is 5.53. The topological polar surface area (TPSA) is 102 Å². The van der Waals surface area contributed by atoms with Crippen molar-refractivity contribution in [2.75, 3.05) is 13.2 Å². The minimum absolute atomic E-state index is 0.0634. The summed E-state index contributed by atoms with van der Waals surface area (Å²) in [5.74, 6) is -0.142. The Kier molecular flexibility index (Phi) is 6.68. The van der Waals surface area contributed by atoms with Crippen molar-refractivity contribution in [3.8, 4) is 0 Å². The van der Waals surface area contributed by atoms with Gasteiger partial charge in [-0.3, -0.25) is 14.6 Å². The van der Waals surface area contributed by atoms with Crippen molar-refractivity contribution in [2.45, 2.75) is 50.9 Å². The van der Waals surface area contributed by atoms with Gasteiger partial charge in [0.1, 0.15) is 0 Å². The monoisotopic (exact) mass is 360 g/mol. The quantitative estimate of drug-likeness (QED) is 0.753. The third-order valence-electron chi connectivity index (χ3n) is 4.43. The average molecular weight is 360 g/mol. The summed E-state index contributed by atoms with van der Waals surface area (Å²) in [5.41, 5.74) is 4.16. The average Bonchev–Trinajstić information content (AvgIpc) is 2.68. The third-order valence-corrected chi connectivity index (χ3v) is 4.43. The number of nitrogens with zero attached hydrogens (tertiary/aromatic N) is 2. The van der Waals surface area contributed by atoms with E-state index in [4.69, 9.17) is 9.47 Å². The van der Waals surface area contributed by atoms with E-state index in [0.29, 0.717) is 45.5 Å². The van der Waals surface area contributed by atoms with Crippen LogP contribution >= 0.6 is 0 Å². The number of nitrogens with one attached hydrogen (secondary N) is 2. The minimum atomic E-state index is -0.173. The first kappa shape index (κ1) is 18.5. The predicted octanol–water partition coefficient (Wildman–Crippen LogP) is 0.918. The molecule has 8 heteroatoms. The number of hydrogen-bond donors (Lipinski definition) is 2. The van der Waals surface area contributed by atoms with E-state index in [-0.39, 0.29) is 24.0 Å². The Bertz CT molecular complexity index is 650. The molecule has 2 aliphatic rings. The lowest BCUT2D eigenvalue weighted by Crippen LogP contribution is -2.50. The van der Waals surface area contributed by atoms with Crippen LogP contribution in [0.1, 0.15) is 37.8 Å². The predicted molar refractivity (Wildman–Crippen MR) is 94.2 cm³/mol. The van der Waals surface area contributed by atoms with Crippen LogP contribution in [0.4, 0.5) is 0 Å². The maximum Gasteiger partial charge on any atom is 0.240 e. The highest BCUT2D eigenvalue weighted by molar-refractivity contribution is 5.94. The van der Waals surface area contributed by atoms with Crippen LogP contribution in [0.5, 0.6) is 0 Å². The molecular formula is C18H24N4O4. The fraction of sp³-hybridized carbons (Fsp3) is 0.556. The normalized spacial score (nSPS) is 23.1. The van der Waals surface area contributed by atoms with Crippen LogP contribution < -0.4 is 10.7 Å². The van der Waals surface area contributed by atoms with Gasteiger partial charge in [0.25, 0.3) is 0 Å². The Balaban J connectivity index is 1.45. The van der Waals surface area contributed by atoms with Gasteiger partial charge < -0.3 is 14.8 Å². The molecule has 3 rings (SSSR count). The first-order valence-electron chi connectivity index (χ1n) is 8.93. The minimum Gasteiger partial charge on any atom is -0.379 e. The molecule has 0 aromatic carbocycles. The molecule has 1 fully saturated rings. The molecule has 0 spiro atoms. The molecule has 2 N–H and O–H groups in total. The van der Waals surface area contributed by atoms with Crippen LogP contribution in [0, 0.1) is 0 Å². The molecule has 2 atom stereocenters. The van der Waals surface area contributed by atoms with E-state index in [0.717, 1.165) is 17.8 Å². The maximum absolute atomic E-state index is 12.3. The zero-order valence-electron chi connectivity index (χ0n) is 14.6. The molecule has 2 aliphatic heterocycles. The second-order valence-electron chi connectivity index (χ2n) is 6.42. The molecule has 8 nitrogen and oxygen atoms in total. The lowest BCUT2D eigenvalue weighted by atomic mass is 10.0. The Morgan fingerprint density at radius 3 is 3.08 bits per heavy atom. The van der Waals surface area contributed by atoms with Crippen molar-refractivity contribution in [1.29, 1.82) is 0 Å². The summed E-state index contributed by atoms with van der Waals surface area (Å²) in [6.07, 6.45) is 4.29. The largest absolute Gasteiger partial charge is 0.379 e. The summed E-state index contributed by atoms with van der Waals surface area (Å²) in [7, 11) is 0. The van der Waals surface area contributed by atoms with E-state index in [1.807, 2.05) is 18.2 Å². The highest BCUT2D eigenvalue weighted by Gasteiger charge is 2.28. The number of carbonyl (C=O) groups is 2. The number of hydrazone groups is 1. The lowest BCUT2D eigenvalue weighted by molar-refractivity contribution is -0.126. The molecule has 1 aromatic heterocycles. The Labute approximate surface area is 152 Å². The summed E-state index contributed by atoms with van der Waals surface area (Å²) in [5, 5.41) is 6.99. The molecule has 0 radical (unpaired) electrons. The van der Waals surface area contributed by atoms with Crippen molar-refractivity contribution in [3.05, 3.63) is 30.1 Å². The number of pyridine rings is 1. The molecule has 3 heterocycles. The summed E-state index contributed by atoms with van der Waals surface area (Å²) in [6.45, 7) is 1.47. The fourth-order valence-electron chi connectivity index (χ4n) is 2.96. The number of ether oxygens (including phenoxy) is 2. The molecule has 26 heavy (non-hydrogen) atoms. The molecule has 0 unspecified atom stereocenters. The van der Waals surface area contributed by atoms with Crippen molar-refractivity contribution in [3.63, 3.8) is 0 Å². The maximum atomic E-state index is 12.3. The third kappa shape index (κ3) is 5.60. The first-order chi connectivity index (χ1) is 12.7. The molecule has 0 aliphatic carbocycles. The molecule has 140 valence electrons. The number of hydrogen-bond acceptors (Lipinski definition) is 6. The highest BCUT2D eigenvalue weighted by Crippen LogP contribution is 2.14. The van der Waals surface area contributed by atoms with Gasteiger partial charge in [-0.15, -0.1) is 0 Å². The van der Waals surface area contributed by atoms with Gasteiger partial charge in [-0.2, -0.15) is 5.10 Å². The van der Waals surface area contributed by atoms with Crippen LogP contribution in [0.15, 0.2) is 29.5 Å². The van der Waals surface area contributed by atoms with Crippen molar-refractivity contribution >= 4 is 17.5 Å². The molecule has 1 saturated heterocycles. The Morgan fingerprint density at radius 1 is 1.38 bits per heavy atom. The van der Waals surface area contributed by atoms with Crippen LogP contribution in [0.25, 0.3) is 0 Å². The van der Waals surface area contributed by atoms with Gasteiger partial charge in [-0.05, 0) is 31.4 Å². The van der Waals surface area contributed by atoms with E-state index in [9.17, 15) is 9.59 Å². The number of rotatable bonds is 7. The number of amides is 2. The molecule has 0 saturated carbocycles. The van der Waals surface area contributed by atoms with Crippen molar-refractivity contribution in [2.24, 2.45) is 5.10 Å². The first-order valence-corrected chi connectivity index (χ1v) is 8.93. The summed E-state index contributed by atoms with van der Waals surface area (Å²) in [4.78, 5) is 27.6. The molecule has 2 amide bonds. The van der Waals surface area contributed by atoms with Gasteiger partial charge >= 0.3 is 0 Å². The standard InChI is InChI=1S/C18H24N4O4/c23-17(6-4-13-5-7-18(24)22-21-13)20-15-12-25-10-8-16(15)26-11-14-3-1-2-9-19-14/h1-3,9,15-16H,4-8,10-12H2,(H,20,23)(H,22,24)/t15-,16-/m1/s1. The van der Waals surface area contributed by atoms with Crippen molar-refractivity contribution in [1.82, 2.24) is 15.7 Å². The van der Waals surface area contributed by atoms with E-state index >= 15 is 0 Å². The van der Waals surface area contributed by atoms with Gasteiger partial charge in [0.15, 0.2) is 0 Å². The van der Waals surface area contributed by atoms with E-state index in [1.54, 1.807) is 6.20 Å². The lowest BCUT2D eigenvalue weighted by Gasteiger charge is -2.32. The molecule has 0 bridgehead atoms. The van der Waals surface area contributed by atoms with E-state index in [1.165, 1.54) is 0 Å². The molecule has 1 aromatic rings. The van der Waals surface area contributed by atoms with Gasteiger partial charge in [0, 0.05) is 31.4 Å². The van der Waals surface area contributed by atoms with Crippen LogP contribution in [0.2, 0.25) is 0 Å². The van der Waals surface area contributed by atoms with Crippen LogP contribution in [-0.4, -0.2) is 47.9 Å². The second kappa shape index (κ2) is 9.40. The highest BCUT2D eigenvalue weighted by atomic mass is 16.5. The van der Waals surface area contributed by atoms with E-state index < -0.39 is 0 Å². The Morgan fingerprint density at radius 2 is 2.31 bits per heavy atom. The van der Waals surface area contributed by atoms with Gasteiger partial charge in [-0.1, -0.05) is 6.07 Å². The summed E-state index contributed by atoms with van der Waals surface area (Å²) < 4.78 is 11.5. The number of carbonyl (C=O) groups excluding carboxylic acids is 2. The zero-order chi connectivity index (χ0) is 18.2. The zero-order valence-corrected chi connectivity index (χ0v) is 14.6. The fourth-order valence-corrected chi connectivity index (χ4v) is 2.96. The summed E-state index contributed by atoms with van der Waals surface area (Å²) >= 11 is 0. The Hall–Kier alpha value is -2.32. The van der Waals surface area contributed by atoms with E-state index in [2.05, 4.69) is 20.8 Å². The second-order valence-corrected chi connectivity index (χ2v) is 6.42. The van der Waals surface area contributed by atoms with Gasteiger partial charge in [0.2, 0.25) is 11.8 Å². The van der Waals surface area contributed by atoms with Gasteiger partial charge in [0.05, 0.1) is 31.1 Å². The molecular weight excluding hydrogens is 336 g/mol. The SMILES string of the molecule is O=C1CCC(CCC(=O)N[C@@H]2COCC[C@H]2OCc2ccccn2)=NN1. The van der Waals surface area contributed by atoms with Crippen LogP contribution in [-0.2, 0) is 25.7 Å². The smallest absolute Gasteiger partial charge is 0.240 e. The number of aromatic nitrogens is 1. The van der Waals surface area contributed by atoms with Crippen molar-refractivity contribution < 1.29 is 19.1 Å².